The maximum Gasteiger partial charge on any atom is 0.242 e. The number of benzene rings is 1. The molecular weight excluding hydrogens is 290 g/mol. The minimum absolute atomic E-state index is 0.0594. The van der Waals surface area contributed by atoms with E-state index in [1.165, 1.54) is 0 Å². The lowest BCUT2D eigenvalue weighted by atomic mass is 10.2. The van der Waals surface area contributed by atoms with Crippen LogP contribution >= 0.6 is 0 Å². The van der Waals surface area contributed by atoms with Gasteiger partial charge >= 0.3 is 0 Å². The van der Waals surface area contributed by atoms with E-state index < -0.39 is 10.0 Å². The molecule has 0 amide bonds. The smallest absolute Gasteiger partial charge is 0.242 e. The van der Waals surface area contributed by atoms with Crippen molar-refractivity contribution in [2.45, 2.75) is 36.2 Å². The van der Waals surface area contributed by atoms with Gasteiger partial charge < -0.3 is 15.8 Å². The van der Waals surface area contributed by atoms with Gasteiger partial charge in [-0.2, -0.15) is 0 Å². The highest BCUT2D eigenvalue weighted by atomic mass is 32.2. The van der Waals surface area contributed by atoms with Gasteiger partial charge in [-0.3, -0.25) is 0 Å². The van der Waals surface area contributed by atoms with Crippen LogP contribution in [0.4, 0.5) is 5.69 Å². The molecule has 0 bridgehead atoms. The quantitative estimate of drug-likeness (QED) is 0.630. The Kier molecular flexibility index (Phi) is 5.58. The van der Waals surface area contributed by atoms with E-state index in [2.05, 4.69) is 10.0 Å². The number of sulfonamides is 1. The molecule has 6 nitrogen and oxygen atoms in total. The monoisotopic (exact) mass is 313 g/mol. The van der Waals surface area contributed by atoms with Gasteiger partial charge in [0, 0.05) is 25.7 Å². The van der Waals surface area contributed by atoms with Crippen molar-refractivity contribution in [3.8, 4) is 0 Å². The highest BCUT2D eigenvalue weighted by Crippen LogP contribution is 2.25. The average molecular weight is 313 g/mol. The van der Waals surface area contributed by atoms with Crippen molar-refractivity contribution in [1.82, 2.24) is 4.72 Å². The Bertz CT molecular complexity index is 558. The maximum absolute atomic E-state index is 12.3. The number of para-hydroxylation sites is 1. The Morgan fingerprint density at radius 1 is 1.38 bits per heavy atom. The Hall–Kier alpha value is -1.15. The lowest BCUT2D eigenvalue weighted by Gasteiger charge is -2.15. The fraction of sp³-hybridized carbons (Fsp3) is 0.571. The van der Waals surface area contributed by atoms with Gasteiger partial charge in [-0.1, -0.05) is 12.1 Å². The van der Waals surface area contributed by atoms with Crippen LogP contribution in [-0.4, -0.2) is 40.8 Å². The molecule has 0 spiro atoms. The lowest BCUT2D eigenvalue weighted by Crippen LogP contribution is -2.29. The summed E-state index contributed by atoms with van der Waals surface area (Å²) >= 11 is 0. The van der Waals surface area contributed by atoms with Gasteiger partial charge in [-0.25, -0.2) is 13.1 Å². The molecule has 1 aromatic carbocycles. The van der Waals surface area contributed by atoms with Crippen molar-refractivity contribution in [1.29, 1.82) is 0 Å². The molecule has 4 N–H and O–H groups in total. The Balaban J connectivity index is 1.99. The molecule has 2 rings (SSSR count). The van der Waals surface area contributed by atoms with Crippen LogP contribution in [-0.2, 0) is 14.8 Å². The van der Waals surface area contributed by atoms with E-state index in [1.54, 1.807) is 25.3 Å². The molecule has 1 fully saturated rings. The highest BCUT2D eigenvalue weighted by molar-refractivity contribution is 7.89. The number of rotatable bonds is 9. The second kappa shape index (κ2) is 7.22. The standard InChI is InChI=1S/C14H23N3O3S/c1-20-10-11(15)8-9-16-13-4-2-3-5-14(13)21(18,19)17-12-6-7-12/h2-5,11-12,16-17H,6-10,15H2,1H3. The topological polar surface area (TPSA) is 93.4 Å². The minimum Gasteiger partial charge on any atom is -0.384 e. The Morgan fingerprint density at radius 2 is 2.10 bits per heavy atom. The third-order valence-corrected chi connectivity index (χ3v) is 4.87. The van der Waals surface area contributed by atoms with E-state index >= 15 is 0 Å². The predicted octanol–water partition coefficient (Wildman–Crippen LogP) is 0.903. The summed E-state index contributed by atoms with van der Waals surface area (Å²) in [5.41, 5.74) is 6.46. The summed E-state index contributed by atoms with van der Waals surface area (Å²) in [6, 6.07) is 6.96. The summed E-state index contributed by atoms with van der Waals surface area (Å²) < 4.78 is 32.3. The fourth-order valence-corrected chi connectivity index (χ4v) is 3.51. The number of hydrogen-bond acceptors (Lipinski definition) is 5. The summed E-state index contributed by atoms with van der Waals surface area (Å²) in [6.45, 7) is 1.09. The molecule has 1 aliphatic carbocycles. The van der Waals surface area contributed by atoms with Crippen molar-refractivity contribution in [3.05, 3.63) is 24.3 Å². The number of hydrogen-bond donors (Lipinski definition) is 3. The van der Waals surface area contributed by atoms with Crippen LogP contribution in [0, 0.1) is 0 Å². The molecule has 0 saturated heterocycles. The first-order valence-electron chi connectivity index (χ1n) is 7.12. The van der Waals surface area contributed by atoms with Gasteiger partial charge in [-0.15, -0.1) is 0 Å². The van der Waals surface area contributed by atoms with Gasteiger partial charge in [-0.05, 0) is 31.4 Å². The van der Waals surface area contributed by atoms with Crippen molar-refractivity contribution < 1.29 is 13.2 Å². The van der Waals surface area contributed by atoms with Crippen molar-refractivity contribution in [2.24, 2.45) is 5.73 Å². The maximum atomic E-state index is 12.3. The zero-order valence-corrected chi connectivity index (χ0v) is 13.0. The first-order chi connectivity index (χ1) is 10.0. The normalized spacial score (nSPS) is 16.7. The molecule has 1 unspecified atom stereocenters. The zero-order valence-electron chi connectivity index (χ0n) is 12.2. The second-order valence-corrected chi connectivity index (χ2v) is 7.00. The highest BCUT2D eigenvalue weighted by Gasteiger charge is 2.29. The van der Waals surface area contributed by atoms with Crippen LogP contribution in [0.5, 0.6) is 0 Å². The largest absolute Gasteiger partial charge is 0.384 e. The molecule has 1 aromatic rings. The number of nitrogens with two attached hydrogens (primary N) is 1. The molecule has 0 radical (unpaired) electrons. The Morgan fingerprint density at radius 3 is 2.76 bits per heavy atom. The van der Waals surface area contributed by atoms with E-state index in [-0.39, 0.29) is 17.0 Å². The third-order valence-electron chi connectivity index (χ3n) is 3.29. The predicted molar refractivity (Wildman–Crippen MR) is 82.7 cm³/mol. The summed E-state index contributed by atoms with van der Waals surface area (Å²) in [4.78, 5) is 0.289. The van der Waals surface area contributed by atoms with E-state index in [0.717, 1.165) is 12.8 Å². The van der Waals surface area contributed by atoms with Crippen LogP contribution in [0.25, 0.3) is 0 Å². The summed E-state index contributed by atoms with van der Waals surface area (Å²) in [5.74, 6) is 0. The summed E-state index contributed by atoms with van der Waals surface area (Å²) in [5, 5.41) is 3.15. The lowest BCUT2D eigenvalue weighted by molar-refractivity contribution is 0.178. The average Bonchev–Trinajstić information content (AvgIpc) is 3.23. The van der Waals surface area contributed by atoms with E-state index in [4.69, 9.17) is 10.5 Å². The van der Waals surface area contributed by atoms with E-state index in [0.29, 0.717) is 25.3 Å². The van der Waals surface area contributed by atoms with Crippen molar-refractivity contribution in [2.75, 3.05) is 25.6 Å². The third kappa shape index (κ3) is 4.96. The van der Waals surface area contributed by atoms with Gasteiger partial charge in [0.15, 0.2) is 0 Å². The number of methoxy groups -OCH3 is 1. The van der Waals surface area contributed by atoms with Crippen LogP contribution < -0.4 is 15.8 Å². The van der Waals surface area contributed by atoms with E-state index in [9.17, 15) is 8.42 Å². The van der Waals surface area contributed by atoms with Gasteiger partial charge in [0.2, 0.25) is 10.0 Å². The molecule has 0 aliphatic heterocycles. The fourth-order valence-electron chi connectivity index (χ4n) is 2.02. The minimum atomic E-state index is -3.46. The van der Waals surface area contributed by atoms with Crippen LogP contribution in [0.1, 0.15) is 19.3 Å². The van der Waals surface area contributed by atoms with Crippen LogP contribution in [0.15, 0.2) is 29.2 Å². The van der Waals surface area contributed by atoms with Gasteiger partial charge in [0.1, 0.15) is 4.90 Å². The molecule has 1 saturated carbocycles. The molecule has 0 heterocycles. The second-order valence-electron chi connectivity index (χ2n) is 5.32. The molecule has 118 valence electrons. The number of ether oxygens (including phenoxy) is 1. The van der Waals surface area contributed by atoms with Crippen LogP contribution in [0.2, 0.25) is 0 Å². The summed E-state index contributed by atoms with van der Waals surface area (Å²) in [7, 11) is -1.85. The summed E-state index contributed by atoms with van der Waals surface area (Å²) in [6.07, 6.45) is 2.54. The molecule has 7 heteroatoms. The van der Waals surface area contributed by atoms with Crippen molar-refractivity contribution >= 4 is 15.7 Å². The van der Waals surface area contributed by atoms with Gasteiger partial charge in [0.05, 0.1) is 12.3 Å². The zero-order chi connectivity index (χ0) is 15.3. The van der Waals surface area contributed by atoms with Gasteiger partial charge in [0.25, 0.3) is 0 Å². The van der Waals surface area contributed by atoms with Crippen LogP contribution in [0.3, 0.4) is 0 Å². The molecule has 21 heavy (non-hydrogen) atoms. The number of nitrogens with one attached hydrogen (secondary N) is 2. The molecular formula is C14H23N3O3S. The molecule has 1 aliphatic rings. The molecule has 0 aromatic heterocycles. The van der Waals surface area contributed by atoms with E-state index in [1.807, 2.05) is 6.07 Å². The Labute approximate surface area is 126 Å². The SMILES string of the molecule is COCC(N)CCNc1ccccc1S(=O)(=O)NC1CC1. The molecule has 1 atom stereocenters. The number of anilines is 1. The first kappa shape index (κ1) is 16.2. The van der Waals surface area contributed by atoms with Crippen molar-refractivity contribution in [3.63, 3.8) is 0 Å². The first-order valence-corrected chi connectivity index (χ1v) is 8.61.